The van der Waals surface area contributed by atoms with Crippen LogP contribution in [-0.2, 0) is 21.2 Å². The fraction of sp³-hybridized carbons (Fsp3) is 0.381. The third-order valence-corrected chi connectivity index (χ3v) is 8.17. The van der Waals surface area contributed by atoms with Crippen LogP contribution < -0.4 is 5.32 Å². The molecule has 2 heterocycles. The highest BCUT2D eigenvalue weighted by molar-refractivity contribution is 7.89. The molecule has 4 rings (SSSR count). The molecule has 32 heavy (non-hydrogen) atoms. The number of fused-ring (bicyclic) bond motifs is 1. The van der Waals surface area contributed by atoms with Crippen LogP contribution in [-0.4, -0.2) is 71.0 Å². The Morgan fingerprint density at radius 2 is 1.84 bits per heavy atom. The van der Waals surface area contributed by atoms with Gasteiger partial charge in [0.2, 0.25) is 15.9 Å². The molecule has 1 atom stereocenters. The highest BCUT2D eigenvalue weighted by Crippen LogP contribution is 2.25. The van der Waals surface area contributed by atoms with Gasteiger partial charge in [-0.05, 0) is 43.2 Å². The molecule has 1 unspecified atom stereocenters. The number of carbonyl (C=O) groups is 1. The summed E-state index contributed by atoms with van der Waals surface area (Å²) in [5, 5.41) is 2.91. The molecule has 1 N–H and O–H groups in total. The Morgan fingerprint density at radius 1 is 1.12 bits per heavy atom. The predicted octanol–water partition coefficient (Wildman–Crippen LogP) is 1.88. The van der Waals surface area contributed by atoms with Crippen molar-refractivity contribution in [1.29, 1.82) is 0 Å². The number of hydrogen-bond acceptors (Lipinski definition) is 7. The third kappa shape index (κ3) is 4.80. The molecule has 0 aliphatic carbocycles. The van der Waals surface area contributed by atoms with Crippen LogP contribution in [0.5, 0.6) is 0 Å². The molecule has 1 aliphatic rings. The van der Waals surface area contributed by atoms with Crippen molar-refractivity contribution in [3.8, 4) is 0 Å². The van der Waals surface area contributed by atoms with Crippen LogP contribution in [0.25, 0.3) is 11.0 Å². The van der Waals surface area contributed by atoms with E-state index in [1.54, 1.807) is 30.3 Å². The number of hydrogen-bond donors (Lipinski definition) is 1. The fourth-order valence-corrected chi connectivity index (χ4v) is 5.93. The Bertz CT molecular complexity index is 1190. The maximum Gasteiger partial charge on any atom is 0.245 e. The fourth-order valence-electron chi connectivity index (χ4n) is 3.75. The lowest BCUT2D eigenvalue weighted by atomic mass is 10.1. The van der Waals surface area contributed by atoms with Crippen molar-refractivity contribution < 1.29 is 17.6 Å². The quantitative estimate of drug-likeness (QED) is 0.558. The van der Waals surface area contributed by atoms with Gasteiger partial charge in [0.05, 0.1) is 17.8 Å². The number of piperazine rings is 1. The van der Waals surface area contributed by atoms with Gasteiger partial charge in [0.1, 0.15) is 21.7 Å². The highest BCUT2D eigenvalue weighted by Gasteiger charge is 2.33. The van der Waals surface area contributed by atoms with Crippen LogP contribution >= 0.6 is 11.7 Å². The Morgan fingerprint density at radius 3 is 2.56 bits per heavy atom. The normalized spacial score (nSPS) is 16.8. The molecule has 0 bridgehead atoms. The molecule has 3 aromatic rings. The smallest absolute Gasteiger partial charge is 0.245 e. The summed E-state index contributed by atoms with van der Waals surface area (Å²) >= 11 is 0.991. The van der Waals surface area contributed by atoms with E-state index in [-0.39, 0.29) is 22.7 Å². The average molecular weight is 478 g/mol. The topological polar surface area (TPSA) is 95.5 Å². The summed E-state index contributed by atoms with van der Waals surface area (Å²) in [6.07, 6.45) is 0.613. The standard InChI is InChI=1S/C21H24FN5O3S2/c1-15(21(28)23-10-9-16-5-7-17(22)8-6-16)26-11-13-27(14-12-26)32(29,30)19-4-2-3-18-20(19)25-31-24-18/h2-8,15H,9-14H2,1H3,(H,23,28). The summed E-state index contributed by atoms with van der Waals surface area (Å²) in [5.74, 6) is -0.394. The molecule has 2 aromatic carbocycles. The second-order valence-corrected chi connectivity index (χ2v) is 10.1. The molecule has 1 amide bonds. The molecule has 170 valence electrons. The van der Waals surface area contributed by atoms with Crippen molar-refractivity contribution in [2.45, 2.75) is 24.3 Å². The number of benzene rings is 2. The van der Waals surface area contributed by atoms with E-state index in [0.717, 1.165) is 17.3 Å². The van der Waals surface area contributed by atoms with Gasteiger partial charge in [-0.3, -0.25) is 9.69 Å². The summed E-state index contributed by atoms with van der Waals surface area (Å²) < 4.78 is 49.0. The van der Waals surface area contributed by atoms with Crippen molar-refractivity contribution in [3.05, 3.63) is 53.8 Å². The minimum absolute atomic E-state index is 0.110. The maximum atomic E-state index is 13.1. The van der Waals surface area contributed by atoms with Gasteiger partial charge < -0.3 is 5.32 Å². The van der Waals surface area contributed by atoms with Gasteiger partial charge in [-0.1, -0.05) is 18.2 Å². The largest absolute Gasteiger partial charge is 0.354 e. The van der Waals surface area contributed by atoms with E-state index in [2.05, 4.69) is 14.1 Å². The molecule has 0 saturated carbocycles. The van der Waals surface area contributed by atoms with Gasteiger partial charge in [0.25, 0.3) is 0 Å². The zero-order valence-corrected chi connectivity index (χ0v) is 19.2. The van der Waals surface area contributed by atoms with E-state index in [1.165, 1.54) is 16.4 Å². The van der Waals surface area contributed by atoms with Crippen molar-refractivity contribution in [2.75, 3.05) is 32.7 Å². The molecule has 11 heteroatoms. The predicted molar refractivity (Wildman–Crippen MR) is 120 cm³/mol. The van der Waals surface area contributed by atoms with Crippen molar-refractivity contribution in [3.63, 3.8) is 0 Å². The summed E-state index contributed by atoms with van der Waals surface area (Å²) in [6.45, 7) is 3.77. The van der Waals surface area contributed by atoms with E-state index in [1.807, 2.05) is 11.8 Å². The Labute approximate surface area is 190 Å². The van der Waals surface area contributed by atoms with Gasteiger partial charge in [-0.25, -0.2) is 12.8 Å². The summed E-state index contributed by atoms with van der Waals surface area (Å²) in [6, 6.07) is 10.8. The zero-order valence-electron chi connectivity index (χ0n) is 17.6. The first kappa shape index (κ1) is 22.7. The van der Waals surface area contributed by atoms with Crippen LogP contribution in [0.2, 0.25) is 0 Å². The minimum Gasteiger partial charge on any atom is -0.354 e. The number of sulfonamides is 1. The number of aromatic nitrogens is 2. The summed E-state index contributed by atoms with van der Waals surface area (Å²) in [4.78, 5) is 14.7. The number of halogens is 1. The molecule has 0 spiro atoms. The Hall–Kier alpha value is -2.47. The first-order chi connectivity index (χ1) is 15.4. The molecule has 0 radical (unpaired) electrons. The Kier molecular flexibility index (Phi) is 6.79. The molecular weight excluding hydrogens is 453 g/mol. The van der Waals surface area contributed by atoms with Crippen LogP contribution in [0, 0.1) is 5.82 Å². The first-order valence-corrected chi connectivity index (χ1v) is 12.5. The average Bonchev–Trinajstić information content (AvgIpc) is 3.29. The highest BCUT2D eigenvalue weighted by atomic mass is 32.2. The van der Waals surface area contributed by atoms with Crippen LogP contribution in [0.1, 0.15) is 12.5 Å². The summed E-state index contributed by atoms with van der Waals surface area (Å²) in [7, 11) is -3.69. The lowest BCUT2D eigenvalue weighted by molar-refractivity contribution is -0.126. The number of amides is 1. The SMILES string of the molecule is CC(C(=O)NCCc1ccc(F)cc1)N1CCN(S(=O)(=O)c2cccc3nsnc23)CC1. The van der Waals surface area contributed by atoms with Gasteiger partial charge in [0, 0.05) is 32.7 Å². The second-order valence-electron chi connectivity index (χ2n) is 7.67. The monoisotopic (exact) mass is 477 g/mol. The maximum absolute atomic E-state index is 13.1. The number of nitrogens with zero attached hydrogens (tertiary/aromatic N) is 4. The molecule has 1 aromatic heterocycles. The number of carbonyl (C=O) groups excluding carboxylic acids is 1. The molecule has 1 aliphatic heterocycles. The van der Waals surface area contributed by atoms with Gasteiger partial charge in [-0.15, -0.1) is 0 Å². The molecule has 1 saturated heterocycles. The Balaban J connectivity index is 1.31. The molecular formula is C21H24FN5O3S2. The lowest BCUT2D eigenvalue weighted by Crippen LogP contribution is -2.55. The minimum atomic E-state index is -3.69. The number of nitrogens with one attached hydrogen (secondary N) is 1. The molecule has 1 fully saturated rings. The van der Waals surface area contributed by atoms with Crippen molar-refractivity contribution in [2.24, 2.45) is 0 Å². The first-order valence-electron chi connectivity index (χ1n) is 10.3. The van der Waals surface area contributed by atoms with Gasteiger partial charge >= 0.3 is 0 Å². The second kappa shape index (κ2) is 9.57. The van der Waals surface area contributed by atoms with Crippen molar-refractivity contribution >= 4 is 38.7 Å². The number of rotatable bonds is 7. The summed E-state index contributed by atoms with van der Waals surface area (Å²) in [5.41, 5.74) is 1.91. The zero-order chi connectivity index (χ0) is 22.7. The molecule has 8 nitrogen and oxygen atoms in total. The van der Waals surface area contributed by atoms with E-state index in [0.29, 0.717) is 50.2 Å². The van der Waals surface area contributed by atoms with Crippen LogP contribution in [0.4, 0.5) is 4.39 Å². The van der Waals surface area contributed by atoms with Crippen LogP contribution in [0.15, 0.2) is 47.4 Å². The third-order valence-electron chi connectivity index (χ3n) is 5.69. The van der Waals surface area contributed by atoms with Crippen molar-refractivity contribution in [1.82, 2.24) is 23.3 Å². The van der Waals surface area contributed by atoms with Crippen LogP contribution in [0.3, 0.4) is 0 Å². The van der Waals surface area contributed by atoms with E-state index in [4.69, 9.17) is 0 Å². The van der Waals surface area contributed by atoms with E-state index in [9.17, 15) is 17.6 Å². The lowest BCUT2D eigenvalue weighted by Gasteiger charge is -2.36. The van der Waals surface area contributed by atoms with Gasteiger partial charge in [-0.2, -0.15) is 13.1 Å². The van der Waals surface area contributed by atoms with Gasteiger partial charge in [0.15, 0.2) is 0 Å². The van der Waals surface area contributed by atoms with E-state index < -0.39 is 10.0 Å². The van der Waals surface area contributed by atoms with E-state index >= 15 is 0 Å².